The van der Waals surface area contributed by atoms with Crippen molar-refractivity contribution in [2.24, 2.45) is 0 Å². The van der Waals surface area contributed by atoms with Crippen LogP contribution in [0.25, 0.3) is 0 Å². The van der Waals surface area contributed by atoms with Crippen molar-refractivity contribution in [3.63, 3.8) is 0 Å². The lowest BCUT2D eigenvalue weighted by atomic mass is 9.95. The molecule has 0 unspecified atom stereocenters. The molecule has 0 aliphatic heterocycles. The second kappa shape index (κ2) is 6.70. The monoisotopic (exact) mass is 336 g/mol. The number of amides is 2. The van der Waals surface area contributed by atoms with Crippen LogP contribution in [0.3, 0.4) is 0 Å². The number of hydrogen-bond donors (Lipinski definition) is 2. The largest absolute Gasteiger partial charge is 0.462 e. The van der Waals surface area contributed by atoms with E-state index in [9.17, 15) is 14.4 Å². The molecule has 0 aromatic carbocycles. The Morgan fingerprint density at radius 2 is 1.91 bits per heavy atom. The van der Waals surface area contributed by atoms with Crippen molar-refractivity contribution >= 4 is 34.1 Å². The number of carbonyl (C=O) groups excluding carboxylic acids is 3. The Labute approximate surface area is 138 Å². The Hall–Kier alpha value is -1.89. The highest BCUT2D eigenvalue weighted by molar-refractivity contribution is 7.17. The van der Waals surface area contributed by atoms with E-state index >= 15 is 0 Å². The first-order chi connectivity index (χ1) is 11.1. The second-order valence-electron chi connectivity index (χ2n) is 5.84. The molecule has 0 atom stereocenters. The van der Waals surface area contributed by atoms with Crippen molar-refractivity contribution in [1.82, 2.24) is 5.32 Å². The molecule has 124 valence electrons. The Morgan fingerprint density at radius 1 is 1.17 bits per heavy atom. The molecule has 1 aromatic heterocycles. The fourth-order valence-corrected chi connectivity index (χ4v) is 3.98. The fraction of sp³-hybridized carbons (Fsp3) is 0.562. The lowest BCUT2D eigenvalue weighted by molar-refractivity contribution is -0.136. The molecule has 2 amide bonds. The van der Waals surface area contributed by atoms with Crippen molar-refractivity contribution in [2.45, 2.75) is 51.5 Å². The van der Waals surface area contributed by atoms with E-state index in [1.165, 1.54) is 11.3 Å². The van der Waals surface area contributed by atoms with Gasteiger partial charge in [0.25, 0.3) is 0 Å². The molecule has 0 radical (unpaired) electrons. The smallest absolute Gasteiger partial charge is 0.341 e. The van der Waals surface area contributed by atoms with Gasteiger partial charge in [-0.3, -0.25) is 9.59 Å². The van der Waals surface area contributed by atoms with E-state index in [1.807, 2.05) is 0 Å². The minimum atomic E-state index is -0.721. The highest BCUT2D eigenvalue weighted by atomic mass is 32.1. The zero-order chi connectivity index (χ0) is 16.4. The van der Waals surface area contributed by atoms with Gasteiger partial charge >= 0.3 is 17.8 Å². The van der Waals surface area contributed by atoms with E-state index in [0.29, 0.717) is 10.6 Å². The van der Waals surface area contributed by atoms with Crippen molar-refractivity contribution in [2.75, 3.05) is 11.9 Å². The van der Waals surface area contributed by atoms with Crippen molar-refractivity contribution in [3.8, 4) is 0 Å². The maximum Gasteiger partial charge on any atom is 0.341 e. The van der Waals surface area contributed by atoms with Gasteiger partial charge in [-0.25, -0.2) is 4.79 Å². The van der Waals surface area contributed by atoms with Crippen molar-refractivity contribution < 1.29 is 19.1 Å². The summed E-state index contributed by atoms with van der Waals surface area (Å²) < 4.78 is 5.13. The summed E-state index contributed by atoms with van der Waals surface area (Å²) in [4.78, 5) is 37.2. The number of aryl methyl sites for hydroxylation is 1. The third-order valence-corrected chi connectivity index (χ3v) is 5.20. The Morgan fingerprint density at radius 3 is 2.61 bits per heavy atom. The average Bonchev–Trinajstić information content (AvgIpc) is 3.26. The molecule has 0 spiro atoms. The Balaban J connectivity index is 1.82. The number of thiophene rings is 1. The standard InChI is InChI=1S/C16H20N2O4S/c1-2-22-16(21)12-10-5-3-4-6-11(10)23-15(12)18-14(20)13(19)17-9-7-8-9/h9H,2-8H2,1H3,(H,17,19)(H,18,20). The van der Waals surface area contributed by atoms with Crippen LogP contribution in [0.15, 0.2) is 0 Å². The molecular formula is C16H20N2O4S. The highest BCUT2D eigenvalue weighted by Crippen LogP contribution is 2.38. The van der Waals surface area contributed by atoms with Gasteiger partial charge in [-0.1, -0.05) is 0 Å². The fourth-order valence-electron chi connectivity index (χ4n) is 2.71. The lowest BCUT2D eigenvalue weighted by Crippen LogP contribution is -2.36. The number of fused-ring (bicyclic) bond motifs is 1. The lowest BCUT2D eigenvalue weighted by Gasteiger charge is -2.12. The Bertz CT molecular complexity index is 649. The van der Waals surface area contributed by atoms with Gasteiger partial charge < -0.3 is 15.4 Å². The van der Waals surface area contributed by atoms with Crippen LogP contribution >= 0.6 is 11.3 Å². The number of rotatable bonds is 4. The molecule has 23 heavy (non-hydrogen) atoms. The van der Waals surface area contributed by atoms with E-state index in [0.717, 1.165) is 49.0 Å². The van der Waals surface area contributed by atoms with Gasteiger partial charge in [0.15, 0.2) is 0 Å². The molecular weight excluding hydrogens is 316 g/mol. The van der Waals surface area contributed by atoms with E-state index in [-0.39, 0.29) is 12.6 Å². The van der Waals surface area contributed by atoms with Gasteiger partial charge in [-0.05, 0) is 51.0 Å². The molecule has 2 aliphatic carbocycles. The number of carbonyl (C=O) groups is 3. The third-order valence-electron chi connectivity index (χ3n) is 4.00. The molecule has 1 saturated carbocycles. The normalized spacial score (nSPS) is 16.4. The zero-order valence-electron chi connectivity index (χ0n) is 13.1. The molecule has 1 aromatic rings. The SMILES string of the molecule is CCOC(=O)c1c(NC(=O)C(=O)NC2CC2)sc2c1CCCC2. The van der Waals surface area contributed by atoms with Gasteiger partial charge in [-0.15, -0.1) is 11.3 Å². The van der Waals surface area contributed by atoms with E-state index < -0.39 is 17.8 Å². The van der Waals surface area contributed by atoms with Crippen molar-refractivity contribution in [3.05, 3.63) is 16.0 Å². The summed E-state index contributed by atoms with van der Waals surface area (Å²) in [5.74, 6) is -1.79. The topological polar surface area (TPSA) is 84.5 Å². The van der Waals surface area contributed by atoms with Gasteiger partial charge in [0.1, 0.15) is 5.00 Å². The van der Waals surface area contributed by atoms with E-state index in [4.69, 9.17) is 4.74 Å². The molecule has 3 rings (SSSR count). The quantitative estimate of drug-likeness (QED) is 0.651. The molecule has 2 aliphatic rings. The number of nitrogens with one attached hydrogen (secondary N) is 2. The third kappa shape index (κ3) is 3.55. The summed E-state index contributed by atoms with van der Waals surface area (Å²) >= 11 is 1.38. The molecule has 6 nitrogen and oxygen atoms in total. The summed E-state index contributed by atoms with van der Waals surface area (Å²) in [6, 6.07) is 0.120. The highest BCUT2D eigenvalue weighted by Gasteiger charge is 2.30. The molecule has 2 N–H and O–H groups in total. The average molecular weight is 336 g/mol. The first-order valence-electron chi connectivity index (χ1n) is 8.03. The van der Waals surface area contributed by atoms with Crippen LogP contribution < -0.4 is 10.6 Å². The van der Waals surface area contributed by atoms with Crippen LogP contribution in [0, 0.1) is 0 Å². The molecule has 0 bridgehead atoms. The molecule has 1 fully saturated rings. The first-order valence-corrected chi connectivity index (χ1v) is 8.85. The van der Waals surface area contributed by atoms with Crippen LogP contribution in [0.5, 0.6) is 0 Å². The molecule has 1 heterocycles. The minimum Gasteiger partial charge on any atom is -0.462 e. The summed E-state index contributed by atoms with van der Waals surface area (Å²) in [5.41, 5.74) is 1.40. The van der Waals surface area contributed by atoms with Crippen LogP contribution in [-0.4, -0.2) is 30.4 Å². The maximum absolute atomic E-state index is 12.3. The minimum absolute atomic E-state index is 0.120. The predicted octanol–water partition coefficient (Wildman–Crippen LogP) is 2.02. The number of anilines is 1. The van der Waals surface area contributed by atoms with Crippen LogP contribution in [0.1, 0.15) is 53.4 Å². The number of ether oxygens (including phenoxy) is 1. The second-order valence-corrected chi connectivity index (χ2v) is 6.94. The van der Waals surface area contributed by atoms with Crippen LogP contribution in [-0.2, 0) is 27.2 Å². The summed E-state index contributed by atoms with van der Waals surface area (Å²) in [6.45, 7) is 2.02. The van der Waals surface area contributed by atoms with E-state index in [2.05, 4.69) is 10.6 Å². The predicted molar refractivity (Wildman–Crippen MR) is 86.7 cm³/mol. The Kier molecular flexibility index (Phi) is 4.66. The van der Waals surface area contributed by atoms with Crippen LogP contribution in [0.4, 0.5) is 5.00 Å². The number of esters is 1. The summed E-state index contributed by atoms with van der Waals surface area (Å²) in [5, 5.41) is 5.69. The van der Waals surface area contributed by atoms with Gasteiger partial charge in [-0.2, -0.15) is 0 Å². The zero-order valence-corrected chi connectivity index (χ0v) is 13.9. The van der Waals surface area contributed by atoms with Gasteiger partial charge in [0, 0.05) is 10.9 Å². The summed E-state index contributed by atoms with van der Waals surface area (Å²) in [7, 11) is 0. The van der Waals surface area contributed by atoms with Gasteiger partial charge in [0.05, 0.1) is 12.2 Å². The van der Waals surface area contributed by atoms with E-state index in [1.54, 1.807) is 6.92 Å². The van der Waals surface area contributed by atoms with Gasteiger partial charge in [0.2, 0.25) is 0 Å². The first kappa shape index (κ1) is 16.0. The summed E-state index contributed by atoms with van der Waals surface area (Å²) in [6.07, 6.45) is 5.64. The van der Waals surface area contributed by atoms with Crippen molar-refractivity contribution in [1.29, 1.82) is 0 Å². The molecule has 7 heteroatoms. The molecule has 0 saturated heterocycles. The van der Waals surface area contributed by atoms with Crippen LogP contribution in [0.2, 0.25) is 0 Å². The maximum atomic E-state index is 12.3. The number of hydrogen-bond acceptors (Lipinski definition) is 5.